The number of benzene rings is 3. The van der Waals surface area contributed by atoms with E-state index in [1.54, 1.807) is 6.07 Å². The number of nitrogens with one attached hydrogen (secondary N) is 1. The van der Waals surface area contributed by atoms with E-state index in [-0.39, 0.29) is 5.56 Å². The van der Waals surface area contributed by atoms with Gasteiger partial charge >= 0.3 is 5.97 Å². The van der Waals surface area contributed by atoms with Crippen molar-refractivity contribution in [2.24, 2.45) is 5.92 Å². The first kappa shape index (κ1) is 20.3. The van der Waals surface area contributed by atoms with E-state index in [0.717, 1.165) is 22.0 Å². The second kappa shape index (κ2) is 9.21. The molecule has 156 valence electrons. The van der Waals surface area contributed by atoms with Gasteiger partial charge in [0.2, 0.25) is 0 Å². The smallest absolute Gasteiger partial charge is 0.339 e. The molecular formula is C26H29NO3. The summed E-state index contributed by atoms with van der Waals surface area (Å²) in [5.41, 5.74) is 2.13. The van der Waals surface area contributed by atoms with Gasteiger partial charge in [-0.25, -0.2) is 4.79 Å². The molecule has 4 heteroatoms. The van der Waals surface area contributed by atoms with E-state index in [9.17, 15) is 9.90 Å². The minimum absolute atomic E-state index is 0.186. The number of carboxylic acid groups (broad SMARTS) is 1. The lowest BCUT2D eigenvalue weighted by molar-refractivity contribution is 0.0692. The molecule has 30 heavy (non-hydrogen) atoms. The Morgan fingerprint density at radius 3 is 2.63 bits per heavy atom. The molecule has 0 spiro atoms. The van der Waals surface area contributed by atoms with Gasteiger partial charge < -0.3 is 15.2 Å². The van der Waals surface area contributed by atoms with Gasteiger partial charge in [0.1, 0.15) is 17.9 Å². The van der Waals surface area contributed by atoms with Gasteiger partial charge in [0.05, 0.1) is 0 Å². The fourth-order valence-electron chi connectivity index (χ4n) is 4.50. The van der Waals surface area contributed by atoms with E-state index in [0.29, 0.717) is 24.3 Å². The zero-order chi connectivity index (χ0) is 20.9. The highest BCUT2D eigenvalue weighted by molar-refractivity contribution is 5.91. The molecule has 0 aliphatic heterocycles. The largest absolute Gasteiger partial charge is 0.488 e. The highest BCUT2D eigenvalue weighted by Crippen LogP contribution is 2.30. The fourth-order valence-corrected chi connectivity index (χ4v) is 4.50. The van der Waals surface area contributed by atoms with Crippen LogP contribution in [-0.2, 0) is 6.61 Å². The maximum Gasteiger partial charge on any atom is 0.339 e. The highest BCUT2D eigenvalue weighted by Gasteiger charge is 2.21. The second-order valence-corrected chi connectivity index (χ2v) is 8.27. The van der Waals surface area contributed by atoms with E-state index >= 15 is 0 Å². The lowest BCUT2D eigenvalue weighted by Crippen LogP contribution is -2.27. The van der Waals surface area contributed by atoms with Crippen LogP contribution in [0.25, 0.3) is 10.8 Å². The van der Waals surface area contributed by atoms with Crippen LogP contribution in [0.15, 0.2) is 60.7 Å². The monoisotopic (exact) mass is 403 g/mol. The normalized spacial score (nSPS) is 15.6. The van der Waals surface area contributed by atoms with Crippen molar-refractivity contribution in [1.82, 2.24) is 0 Å². The van der Waals surface area contributed by atoms with Crippen molar-refractivity contribution in [2.75, 3.05) is 5.32 Å². The first-order valence-corrected chi connectivity index (χ1v) is 10.8. The first-order valence-electron chi connectivity index (χ1n) is 10.8. The number of fused-ring (bicyclic) bond motifs is 1. The molecule has 4 rings (SSSR count). The number of ether oxygens (including phenoxy) is 1. The van der Waals surface area contributed by atoms with E-state index < -0.39 is 5.97 Å². The molecule has 3 aromatic rings. The Balaban J connectivity index is 1.53. The minimum Gasteiger partial charge on any atom is -0.488 e. The summed E-state index contributed by atoms with van der Waals surface area (Å²) in [4.78, 5) is 11.7. The highest BCUT2D eigenvalue weighted by atomic mass is 16.5. The molecule has 2 N–H and O–H groups in total. The Morgan fingerprint density at radius 1 is 1.07 bits per heavy atom. The minimum atomic E-state index is -0.977. The quantitative estimate of drug-likeness (QED) is 0.473. The zero-order valence-corrected chi connectivity index (χ0v) is 17.4. The molecule has 0 heterocycles. The maximum absolute atomic E-state index is 11.7. The van der Waals surface area contributed by atoms with Gasteiger partial charge in [-0.15, -0.1) is 0 Å². The van der Waals surface area contributed by atoms with Crippen molar-refractivity contribution >= 4 is 22.4 Å². The standard InChI is InChI=1S/C26H29NO3/c1-18(19-8-3-2-4-9-19)27-22-14-15-24(26(28)29)25(16-22)30-17-21-12-7-11-20-10-5-6-13-23(20)21/h5-7,10-16,18-19,27H,2-4,8-9,17H2,1H3,(H,28,29)/t18-/m0/s1. The first-order chi connectivity index (χ1) is 14.6. The van der Waals surface area contributed by atoms with Crippen LogP contribution >= 0.6 is 0 Å². The summed E-state index contributed by atoms with van der Waals surface area (Å²) in [5, 5.41) is 15.5. The predicted octanol–water partition coefficient (Wildman–Crippen LogP) is 6.50. The van der Waals surface area contributed by atoms with Gasteiger partial charge in [0, 0.05) is 17.8 Å². The molecule has 1 atom stereocenters. The van der Waals surface area contributed by atoms with Gasteiger partial charge in [-0.3, -0.25) is 0 Å². The second-order valence-electron chi connectivity index (χ2n) is 8.27. The van der Waals surface area contributed by atoms with Gasteiger partial charge in [-0.1, -0.05) is 61.7 Å². The van der Waals surface area contributed by atoms with E-state index in [4.69, 9.17) is 4.74 Å². The molecule has 0 aromatic heterocycles. The molecule has 1 fully saturated rings. The van der Waals surface area contributed by atoms with E-state index in [1.165, 1.54) is 32.1 Å². The van der Waals surface area contributed by atoms with E-state index in [1.807, 2.05) is 36.4 Å². The molecule has 0 saturated heterocycles. The Hall–Kier alpha value is -3.01. The molecule has 0 unspecified atom stereocenters. The Labute approximate surface area is 177 Å². The van der Waals surface area contributed by atoms with Crippen molar-refractivity contribution in [3.8, 4) is 5.75 Å². The van der Waals surface area contributed by atoms with Gasteiger partial charge in [-0.2, -0.15) is 0 Å². The number of hydrogen-bond acceptors (Lipinski definition) is 3. The molecule has 0 amide bonds. The number of hydrogen-bond donors (Lipinski definition) is 2. The van der Waals surface area contributed by atoms with Crippen LogP contribution in [0.4, 0.5) is 5.69 Å². The third kappa shape index (κ3) is 4.59. The third-order valence-corrected chi connectivity index (χ3v) is 6.23. The third-order valence-electron chi connectivity index (χ3n) is 6.23. The predicted molar refractivity (Wildman–Crippen MR) is 121 cm³/mol. The summed E-state index contributed by atoms with van der Waals surface area (Å²) in [6.45, 7) is 2.54. The zero-order valence-electron chi connectivity index (χ0n) is 17.4. The number of carboxylic acids is 1. The molecule has 0 radical (unpaired) electrons. The Bertz CT molecular complexity index is 1020. The van der Waals surface area contributed by atoms with Crippen LogP contribution in [0.5, 0.6) is 5.75 Å². The number of rotatable bonds is 7. The van der Waals surface area contributed by atoms with Crippen molar-refractivity contribution < 1.29 is 14.6 Å². The van der Waals surface area contributed by atoms with Crippen molar-refractivity contribution in [3.63, 3.8) is 0 Å². The van der Waals surface area contributed by atoms with Crippen LogP contribution in [0.3, 0.4) is 0 Å². The SMILES string of the molecule is C[C@H](Nc1ccc(C(=O)O)c(OCc2cccc3ccccc23)c1)C1CCCCC1. The van der Waals surface area contributed by atoms with Gasteiger partial charge in [0.15, 0.2) is 0 Å². The Morgan fingerprint density at radius 2 is 1.83 bits per heavy atom. The molecule has 3 aromatic carbocycles. The lowest BCUT2D eigenvalue weighted by atomic mass is 9.84. The van der Waals surface area contributed by atoms with Crippen LogP contribution in [0.1, 0.15) is 54.9 Å². The molecule has 4 nitrogen and oxygen atoms in total. The van der Waals surface area contributed by atoms with Crippen molar-refractivity contribution in [3.05, 3.63) is 71.8 Å². The molecule has 0 bridgehead atoms. The summed E-state index contributed by atoms with van der Waals surface area (Å²) in [5.74, 6) is 0.0871. The maximum atomic E-state index is 11.7. The van der Waals surface area contributed by atoms with Crippen LogP contribution in [0, 0.1) is 5.92 Å². The van der Waals surface area contributed by atoms with Gasteiger partial charge in [-0.05, 0) is 54.2 Å². The van der Waals surface area contributed by atoms with Crippen LogP contribution < -0.4 is 10.1 Å². The van der Waals surface area contributed by atoms with Crippen molar-refractivity contribution in [1.29, 1.82) is 0 Å². The molecular weight excluding hydrogens is 374 g/mol. The number of anilines is 1. The van der Waals surface area contributed by atoms with Crippen molar-refractivity contribution in [2.45, 2.75) is 51.7 Å². The topological polar surface area (TPSA) is 58.6 Å². The van der Waals surface area contributed by atoms with Gasteiger partial charge in [0.25, 0.3) is 0 Å². The average molecular weight is 404 g/mol. The average Bonchev–Trinajstić information content (AvgIpc) is 2.78. The summed E-state index contributed by atoms with van der Waals surface area (Å²) >= 11 is 0. The molecule has 1 aliphatic rings. The number of aromatic carboxylic acids is 1. The number of carbonyl (C=O) groups is 1. The fraction of sp³-hybridized carbons (Fsp3) is 0.346. The molecule has 1 aliphatic carbocycles. The summed E-state index contributed by atoms with van der Waals surface area (Å²) in [6, 6.07) is 19.9. The van der Waals surface area contributed by atoms with E-state index in [2.05, 4.69) is 30.4 Å². The Kier molecular flexibility index (Phi) is 6.22. The summed E-state index contributed by atoms with van der Waals surface area (Å²) < 4.78 is 6.04. The summed E-state index contributed by atoms with van der Waals surface area (Å²) in [7, 11) is 0. The summed E-state index contributed by atoms with van der Waals surface area (Å²) in [6.07, 6.45) is 6.45. The van der Waals surface area contributed by atoms with Crippen LogP contribution in [0.2, 0.25) is 0 Å². The van der Waals surface area contributed by atoms with Crippen LogP contribution in [-0.4, -0.2) is 17.1 Å². The lowest BCUT2D eigenvalue weighted by Gasteiger charge is -2.29. The molecule has 1 saturated carbocycles.